The van der Waals surface area contributed by atoms with E-state index in [0.717, 1.165) is 58.2 Å². The third-order valence-electron chi connectivity index (χ3n) is 7.91. The van der Waals surface area contributed by atoms with E-state index in [-0.39, 0.29) is 5.56 Å². The van der Waals surface area contributed by atoms with E-state index in [1.807, 2.05) is 11.3 Å². The van der Waals surface area contributed by atoms with Crippen molar-refractivity contribution in [1.82, 2.24) is 29.1 Å². The molecule has 1 unspecified atom stereocenters. The summed E-state index contributed by atoms with van der Waals surface area (Å²) < 4.78 is 3.45. The molecule has 0 amide bonds. The number of thiophene rings is 2. The van der Waals surface area contributed by atoms with E-state index in [4.69, 9.17) is 15.1 Å². The minimum atomic E-state index is 0.0256. The number of aryl methyl sites for hydroxylation is 3. The van der Waals surface area contributed by atoms with Crippen LogP contribution in [0.25, 0.3) is 26.1 Å². The third kappa shape index (κ3) is 3.38. The Morgan fingerprint density at radius 1 is 0.971 bits per heavy atom. The van der Waals surface area contributed by atoms with Gasteiger partial charge in [-0.25, -0.2) is 19.5 Å². The summed E-state index contributed by atoms with van der Waals surface area (Å²) in [5, 5.41) is 6.65. The number of nitrogens with zero attached hydrogens (tertiary/aromatic N) is 6. The van der Waals surface area contributed by atoms with Gasteiger partial charge in [-0.1, -0.05) is 20.8 Å². The van der Waals surface area contributed by atoms with Gasteiger partial charge in [0.25, 0.3) is 5.56 Å². The lowest BCUT2D eigenvalue weighted by atomic mass is 9.72. The molecule has 1 atom stereocenters. The van der Waals surface area contributed by atoms with E-state index in [1.54, 1.807) is 33.1 Å². The Kier molecular flexibility index (Phi) is 4.74. The van der Waals surface area contributed by atoms with Crippen molar-refractivity contribution in [3.63, 3.8) is 0 Å². The first-order valence-corrected chi connectivity index (χ1v) is 14.1. The molecule has 0 saturated carbocycles. The second kappa shape index (κ2) is 7.67. The maximum Gasteiger partial charge on any atom is 0.262 e. The highest BCUT2D eigenvalue weighted by Gasteiger charge is 2.32. The normalized spacial score (nSPS) is 18.4. The number of rotatable bonds is 2. The molecule has 7 rings (SSSR count). The van der Waals surface area contributed by atoms with Gasteiger partial charge in [-0.3, -0.25) is 9.36 Å². The first-order valence-electron chi connectivity index (χ1n) is 12.5. The van der Waals surface area contributed by atoms with Crippen molar-refractivity contribution in [2.45, 2.75) is 72.3 Å². The summed E-state index contributed by atoms with van der Waals surface area (Å²) in [5.74, 6) is 1.31. The van der Waals surface area contributed by atoms with Gasteiger partial charge in [0.05, 0.1) is 23.6 Å². The topological polar surface area (TPSA) is 78.0 Å². The lowest BCUT2D eigenvalue weighted by molar-refractivity contribution is 0.218. The van der Waals surface area contributed by atoms with Crippen LogP contribution in [0.4, 0.5) is 0 Å². The van der Waals surface area contributed by atoms with Gasteiger partial charge in [-0.15, -0.1) is 27.8 Å². The molecule has 0 saturated heterocycles. The minimum Gasteiger partial charge on any atom is -0.291 e. The van der Waals surface area contributed by atoms with Crippen molar-refractivity contribution in [3.8, 4) is 0 Å². The number of hydrogen-bond donors (Lipinski definition) is 0. The van der Waals surface area contributed by atoms with Crippen molar-refractivity contribution < 1.29 is 0 Å². The van der Waals surface area contributed by atoms with Crippen LogP contribution in [0.5, 0.6) is 0 Å². The van der Waals surface area contributed by atoms with Crippen LogP contribution in [0.1, 0.15) is 66.7 Å². The molecule has 0 radical (unpaired) electrons. The predicted molar refractivity (Wildman–Crippen MR) is 141 cm³/mol. The van der Waals surface area contributed by atoms with Crippen LogP contribution in [-0.4, -0.2) is 29.1 Å². The standard InChI is InChI=1S/C26H28N6OS2/c1-26(2,3)14-8-9-16-18(10-14)35-23-20(16)22-29-19(30-32(22)13-28-23)11-31-12-27-24-21(25(31)33)15-6-4-5-7-17(15)34-24/h12-14H,4-11H2,1-3H3. The average Bonchev–Trinajstić information content (AvgIpc) is 3.51. The predicted octanol–water partition coefficient (Wildman–Crippen LogP) is 5.19. The molecule has 0 bridgehead atoms. The summed E-state index contributed by atoms with van der Waals surface area (Å²) in [6.45, 7) is 7.35. The van der Waals surface area contributed by atoms with Gasteiger partial charge in [-0.2, -0.15) is 0 Å². The molecule has 5 heterocycles. The average molecular weight is 505 g/mol. The summed E-state index contributed by atoms with van der Waals surface area (Å²) in [6, 6.07) is 0. The number of aromatic nitrogens is 6. The molecular formula is C26H28N6OS2. The highest BCUT2D eigenvalue weighted by molar-refractivity contribution is 7.19. The highest BCUT2D eigenvalue weighted by Crippen LogP contribution is 2.43. The second-order valence-electron chi connectivity index (χ2n) is 11.1. The quantitative estimate of drug-likeness (QED) is 0.331. The van der Waals surface area contributed by atoms with E-state index in [1.165, 1.54) is 33.7 Å². The van der Waals surface area contributed by atoms with Gasteiger partial charge in [-0.05, 0) is 67.4 Å². The maximum absolute atomic E-state index is 13.4. The van der Waals surface area contributed by atoms with Gasteiger partial charge in [0.15, 0.2) is 11.5 Å². The fourth-order valence-electron chi connectivity index (χ4n) is 5.87. The molecule has 5 aromatic rings. The van der Waals surface area contributed by atoms with Crippen LogP contribution in [0.15, 0.2) is 17.4 Å². The highest BCUT2D eigenvalue weighted by atomic mass is 32.1. The molecule has 35 heavy (non-hydrogen) atoms. The summed E-state index contributed by atoms with van der Waals surface area (Å²) in [7, 11) is 0. The van der Waals surface area contributed by atoms with Crippen LogP contribution < -0.4 is 5.56 Å². The van der Waals surface area contributed by atoms with E-state index in [0.29, 0.717) is 23.7 Å². The van der Waals surface area contributed by atoms with E-state index in [2.05, 4.69) is 25.8 Å². The minimum absolute atomic E-state index is 0.0256. The Morgan fingerprint density at radius 3 is 2.57 bits per heavy atom. The Hall–Kier alpha value is -2.65. The van der Waals surface area contributed by atoms with Crippen LogP contribution in [0.3, 0.4) is 0 Å². The molecule has 7 nitrogen and oxygen atoms in total. The molecule has 2 aliphatic carbocycles. The van der Waals surface area contributed by atoms with Gasteiger partial charge < -0.3 is 0 Å². The van der Waals surface area contributed by atoms with E-state index >= 15 is 0 Å². The first-order chi connectivity index (χ1) is 16.9. The monoisotopic (exact) mass is 504 g/mol. The lowest BCUT2D eigenvalue weighted by Gasteiger charge is -2.33. The Labute approximate surface area is 210 Å². The van der Waals surface area contributed by atoms with E-state index in [9.17, 15) is 4.79 Å². The molecular weight excluding hydrogens is 476 g/mol. The van der Waals surface area contributed by atoms with Gasteiger partial charge in [0.1, 0.15) is 16.0 Å². The molecule has 0 spiro atoms. The Balaban J connectivity index is 1.29. The van der Waals surface area contributed by atoms with Crippen LogP contribution in [0.2, 0.25) is 0 Å². The van der Waals surface area contributed by atoms with Crippen molar-refractivity contribution in [2.24, 2.45) is 11.3 Å². The molecule has 0 fully saturated rings. The van der Waals surface area contributed by atoms with Crippen LogP contribution in [0, 0.1) is 11.3 Å². The summed E-state index contributed by atoms with van der Waals surface area (Å²) in [4.78, 5) is 32.4. The first kappa shape index (κ1) is 21.6. The third-order valence-corrected chi connectivity index (χ3v) is 10.3. The zero-order valence-electron chi connectivity index (χ0n) is 20.3. The molecule has 180 valence electrons. The Morgan fingerprint density at radius 2 is 1.71 bits per heavy atom. The maximum atomic E-state index is 13.4. The molecule has 0 aromatic carbocycles. The SMILES string of the molecule is CC(C)(C)C1CCc2c(sc3ncn4nc(Cn5cnc6sc7c(c6c5=O)CCCC7)nc4c23)C1. The molecule has 9 heteroatoms. The van der Waals surface area contributed by atoms with Crippen molar-refractivity contribution in [2.75, 3.05) is 0 Å². The fraction of sp³-hybridized carbons (Fsp3) is 0.500. The zero-order chi connectivity index (χ0) is 23.9. The van der Waals surface area contributed by atoms with Gasteiger partial charge >= 0.3 is 0 Å². The smallest absolute Gasteiger partial charge is 0.262 e. The molecule has 0 aliphatic heterocycles. The largest absolute Gasteiger partial charge is 0.291 e. The van der Waals surface area contributed by atoms with Crippen molar-refractivity contribution in [3.05, 3.63) is 49.7 Å². The lowest BCUT2D eigenvalue weighted by Crippen LogP contribution is -2.26. The van der Waals surface area contributed by atoms with Gasteiger partial charge in [0, 0.05) is 9.75 Å². The summed E-state index contributed by atoms with van der Waals surface area (Å²) in [5.41, 5.74) is 3.80. The molecule has 2 aliphatic rings. The molecule has 5 aromatic heterocycles. The van der Waals surface area contributed by atoms with Gasteiger partial charge in [0.2, 0.25) is 0 Å². The van der Waals surface area contributed by atoms with Crippen LogP contribution >= 0.6 is 22.7 Å². The summed E-state index contributed by atoms with van der Waals surface area (Å²) >= 11 is 3.49. The second-order valence-corrected chi connectivity index (χ2v) is 13.3. The van der Waals surface area contributed by atoms with Crippen molar-refractivity contribution >= 4 is 48.8 Å². The van der Waals surface area contributed by atoms with E-state index < -0.39 is 0 Å². The molecule has 0 N–H and O–H groups in total. The number of hydrogen-bond acceptors (Lipinski definition) is 7. The summed E-state index contributed by atoms with van der Waals surface area (Å²) in [6.07, 6.45) is 11.2. The fourth-order valence-corrected chi connectivity index (χ4v) is 8.35. The van der Waals surface area contributed by atoms with Crippen LogP contribution in [-0.2, 0) is 32.2 Å². The van der Waals surface area contributed by atoms with Crippen molar-refractivity contribution in [1.29, 1.82) is 0 Å². The zero-order valence-corrected chi connectivity index (χ0v) is 21.9. The number of fused-ring (bicyclic) bond motifs is 8. The Bertz CT molecular complexity index is 1680.